The third-order valence-electron chi connectivity index (χ3n) is 6.93. The number of benzene rings is 3. The van der Waals surface area contributed by atoms with Gasteiger partial charge in [-0.2, -0.15) is 0 Å². The third-order valence-corrected chi connectivity index (χ3v) is 9.71. The Balaban J connectivity index is 1.54. The average molecular weight is 610 g/mol. The molecule has 1 saturated heterocycles. The lowest BCUT2D eigenvalue weighted by molar-refractivity contribution is -0.134. The summed E-state index contributed by atoms with van der Waals surface area (Å²) in [6.07, 6.45) is 1.42. The molecule has 0 bridgehead atoms. The smallest absolute Gasteiger partial charge is 0.223 e. The fourth-order valence-electron chi connectivity index (χ4n) is 4.81. The van der Waals surface area contributed by atoms with Crippen LogP contribution in [0.2, 0.25) is 15.1 Å². The van der Waals surface area contributed by atoms with Crippen LogP contribution in [0.4, 0.5) is 0 Å². The van der Waals surface area contributed by atoms with Crippen LogP contribution in [0.15, 0.2) is 72.8 Å². The molecule has 10 heteroatoms. The lowest BCUT2D eigenvalue weighted by Gasteiger charge is -2.42. The van der Waals surface area contributed by atoms with Crippen molar-refractivity contribution in [1.82, 2.24) is 9.21 Å². The van der Waals surface area contributed by atoms with E-state index in [-0.39, 0.29) is 31.2 Å². The Kier molecular flexibility index (Phi) is 9.83. The van der Waals surface area contributed by atoms with E-state index in [0.29, 0.717) is 52.3 Å². The first kappa shape index (κ1) is 29.7. The number of ether oxygens (including phenoxy) is 1. The summed E-state index contributed by atoms with van der Waals surface area (Å²) in [6.45, 7) is 1.21. The maximum absolute atomic E-state index is 13.5. The predicted molar refractivity (Wildman–Crippen MR) is 157 cm³/mol. The first-order valence-electron chi connectivity index (χ1n) is 12.6. The number of halogens is 3. The van der Waals surface area contributed by atoms with Gasteiger partial charge in [-0.3, -0.25) is 4.79 Å². The Bertz CT molecular complexity index is 1390. The van der Waals surface area contributed by atoms with Gasteiger partial charge in [0.05, 0.1) is 22.4 Å². The summed E-state index contributed by atoms with van der Waals surface area (Å²) in [5, 5.41) is 1.26. The summed E-state index contributed by atoms with van der Waals surface area (Å²) in [6, 6.07) is 21.6. The Morgan fingerprint density at radius 2 is 1.69 bits per heavy atom. The molecule has 1 atom stereocenters. The molecule has 208 valence electrons. The van der Waals surface area contributed by atoms with Crippen molar-refractivity contribution in [1.29, 1.82) is 0 Å². The summed E-state index contributed by atoms with van der Waals surface area (Å²) < 4.78 is 34.6. The van der Waals surface area contributed by atoms with Gasteiger partial charge >= 0.3 is 0 Å². The average Bonchev–Trinajstić information content (AvgIpc) is 2.91. The van der Waals surface area contributed by atoms with Crippen molar-refractivity contribution in [3.05, 3.63) is 99.0 Å². The van der Waals surface area contributed by atoms with E-state index < -0.39 is 15.4 Å². The van der Waals surface area contributed by atoms with Crippen molar-refractivity contribution >= 4 is 50.7 Å². The molecule has 0 saturated carbocycles. The van der Waals surface area contributed by atoms with Crippen LogP contribution in [0.25, 0.3) is 0 Å². The van der Waals surface area contributed by atoms with Gasteiger partial charge in [0.15, 0.2) is 0 Å². The molecule has 1 aliphatic heterocycles. The van der Waals surface area contributed by atoms with Gasteiger partial charge in [-0.25, -0.2) is 12.7 Å². The number of hydrogen-bond donors (Lipinski definition) is 0. The molecule has 1 fully saturated rings. The van der Waals surface area contributed by atoms with Gasteiger partial charge < -0.3 is 9.64 Å². The minimum Gasteiger partial charge on any atom is -0.493 e. The molecule has 0 aromatic heterocycles. The summed E-state index contributed by atoms with van der Waals surface area (Å²) >= 11 is 18.1. The standard InChI is InChI=1S/C29H31Cl3N2O4S/c1-33(18-22-6-3-2-4-7-22)28(35)17-29(21-38-25-11-9-24(30)10-12-25)14-5-15-34(20-29)39(36,37)19-23-8-13-26(31)27(32)16-23/h2-4,6-13,16H,5,14-15,17-21H2,1H3. The maximum Gasteiger partial charge on any atom is 0.223 e. The second-order valence-corrected chi connectivity index (χ2v) is 13.3. The van der Waals surface area contributed by atoms with Crippen LogP contribution in [0.3, 0.4) is 0 Å². The van der Waals surface area contributed by atoms with Gasteiger partial charge in [0.25, 0.3) is 0 Å². The van der Waals surface area contributed by atoms with E-state index in [4.69, 9.17) is 39.5 Å². The number of piperidine rings is 1. The molecular formula is C29H31Cl3N2O4S. The van der Waals surface area contributed by atoms with Crippen LogP contribution >= 0.6 is 34.8 Å². The zero-order valence-electron chi connectivity index (χ0n) is 21.7. The number of rotatable bonds is 10. The molecule has 0 radical (unpaired) electrons. The second-order valence-electron chi connectivity index (χ2n) is 10.1. The van der Waals surface area contributed by atoms with E-state index in [1.165, 1.54) is 4.31 Å². The van der Waals surface area contributed by atoms with Crippen molar-refractivity contribution in [3.8, 4) is 5.75 Å². The van der Waals surface area contributed by atoms with Gasteiger partial charge in [-0.15, -0.1) is 0 Å². The van der Waals surface area contributed by atoms with Crippen LogP contribution < -0.4 is 4.74 Å². The highest BCUT2D eigenvalue weighted by Crippen LogP contribution is 2.37. The molecule has 0 spiro atoms. The number of nitrogens with zero attached hydrogens (tertiary/aromatic N) is 2. The summed E-state index contributed by atoms with van der Waals surface area (Å²) in [5.74, 6) is 0.335. The van der Waals surface area contributed by atoms with Crippen molar-refractivity contribution in [2.24, 2.45) is 5.41 Å². The fourth-order valence-corrected chi connectivity index (χ4v) is 6.92. The number of amides is 1. The molecule has 1 amide bonds. The molecule has 3 aromatic carbocycles. The van der Waals surface area contributed by atoms with E-state index in [1.807, 2.05) is 30.3 Å². The molecule has 1 heterocycles. The largest absolute Gasteiger partial charge is 0.493 e. The SMILES string of the molecule is CN(Cc1ccccc1)C(=O)CC1(COc2ccc(Cl)cc2)CCCN(S(=O)(=O)Cc2ccc(Cl)c(Cl)c2)C1. The van der Waals surface area contributed by atoms with Crippen LogP contribution in [-0.4, -0.2) is 50.3 Å². The maximum atomic E-state index is 13.5. The van der Waals surface area contributed by atoms with Crippen molar-refractivity contribution in [2.45, 2.75) is 31.6 Å². The Morgan fingerprint density at radius 3 is 2.38 bits per heavy atom. The Morgan fingerprint density at radius 1 is 0.974 bits per heavy atom. The first-order valence-corrected chi connectivity index (χ1v) is 15.4. The molecular weight excluding hydrogens is 579 g/mol. The topological polar surface area (TPSA) is 66.9 Å². The van der Waals surface area contributed by atoms with Crippen molar-refractivity contribution in [2.75, 3.05) is 26.7 Å². The number of carbonyl (C=O) groups is 1. The monoisotopic (exact) mass is 608 g/mol. The van der Waals surface area contributed by atoms with Gasteiger partial charge in [-0.1, -0.05) is 71.2 Å². The molecule has 39 heavy (non-hydrogen) atoms. The lowest BCUT2D eigenvalue weighted by Crippen LogP contribution is -2.50. The highest BCUT2D eigenvalue weighted by molar-refractivity contribution is 7.88. The fraction of sp³-hybridized carbons (Fsp3) is 0.345. The second kappa shape index (κ2) is 12.9. The van der Waals surface area contributed by atoms with E-state index in [0.717, 1.165) is 5.56 Å². The van der Waals surface area contributed by atoms with Crippen LogP contribution in [0.5, 0.6) is 5.75 Å². The van der Waals surface area contributed by atoms with Gasteiger partial charge in [-0.05, 0) is 60.4 Å². The summed E-state index contributed by atoms with van der Waals surface area (Å²) in [5.41, 5.74) is 0.871. The molecule has 3 aromatic rings. The summed E-state index contributed by atoms with van der Waals surface area (Å²) in [4.78, 5) is 15.1. The van der Waals surface area contributed by atoms with E-state index in [1.54, 1.807) is 54.4 Å². The quantitative estimate of drug-likeness (QED) is 0.257. The molecule has 1 aliphatic rings. The Labute approximate surface area is 245 Å². The highest BCUT2D eigenvalue weighted by Gasteiger charge is 2.42. The number of carbonyl (C=O) groups excluding carboxylic acids is 1. The molecule has 4 rings (SSSR count). The van der Waals surface area contributed by atoms with Crippen LogP contribution in [0.1, 0.15) is 30.4 Å². The zero-order valence-corrected chi connectivity index (χ0v) is 24.7. The van der Waals surface area contributed by atoms with Crippen molar-refractivity contribution in [3.63, 3.8) is 0 Å². The normalized spacial score (nSPS) is 18.1. The third kappa shape index (κ3) is 8.12. The number of sulfonamides is 1. The lowest BCUT2D eigenvalue weighted by atomic mass is 9.78. The van der Waals surface area contributed by atoms with E-state index in [2.05, 4.69) is 0 Å². The van der Waals surface area contributed by atoms with Crippen LogP contribution in [-0.2, 0) is 27.1 Å². The Hall–Kier alpha value is -2.29. The number of hydrogen-bond acceptors (Lipinski definition) is 4. The molecule has 1 unspecified atom stereocenters. The minimum absolute atomic E-state index is 0.0673. The minimum atomic E-state index is -3.70. The first-order chi connectivity index (χ1) is 18.6. The van der Waals surface area contributed by atoms with Gasteiger partial charge in [0, 0.05) is 43.5 Å². The van der Waals surface area contributed by atoms with Crippen molar-refractivity contribution < 1.29 is 17.9 Å². The molecule has 6 nitrogen and oxygen atoms in total. The van der Waals surface area contributed by atoms with Gasteiger partial charge in [0.2, 0.25) is 15.9 Å². The zero-order chi connectivity index (χ0) is 28.0. The van der Waals surface area contributed by atoms with E-state index >= 15 is 0 Å². The van der Waals surface area contributed by atoms with Gasteiger partial charge in [0.1, 0.15) is 5.75 Å². The highest BCUT2D eigenvalue weighted by atomic mass is 35.5. The molecule has 0 N–H and O–H groups in total. The van der Waals surface area contributed by atoms with E-state index in [9.17, 15) is 13.2 Å². The van der Waals surface area contributed by atoms with Crippen LogP contribution in [0, 0.1) is 5.41 Å². The molecule has 0 aliphatic carbocycles. The summed E-state index contributed by atoms with van der Waals surface area (Å²) in [7, 11) is -1.93. The predicted octanol–water partition coefficient (Wildman–Crippen LogP) is 6.69.